The molecule has 0 nitrogen and oxygen atoms in total. The lowest BCUT2D eigenvalue weighted by atomic mass is 9.91. The largest absolute Gasteiger partial charge is 0.175 e. The van der Waals surface area contributed by atoms with Crippen LogP contribution in [-0.4, -0.2) is 0 Å². The van der Waals surface area contributed by atoms with Crippen LogP contribution < -0.4 is 0 Å². The summed E-state index contributed by atoms with van der Waals surface area (Å²) in [4.78, 5) is 0. The predicted octanol–water partition coefficient (Wildman–Crippen LogP) is 4.10. The molecule has 0 spiro atoms. The van der Waals surface area contributed by atoms with Crippen molar-refractivity contribution in [1.82, 2.24) is 0 Å². The van der Waals surface area contributed by atoms with Crippen molar-refractivity contribution in [2.24, 2.45) is 0 Å². The molecule has 0 aromatic heterocycles. The second kappa shape index (κ2) is 6.87. The van der Waals surface area contributed by atoms with E-state index in [4.69, 9.17) is 0 Å². The molecule has 3 heteroatoms. The standard InChI is InChI=1S/C13H20S3/c1-3-9-5-10(6-14)12(7-15)13(8-16)11(9)4-2/h5,14-16H,3-4,6-8H2,1-2H3. The van der Waals surface area contributed by atoms with Gasteiger partial charge in [-0.25, -0.2) is 0 Å². The summed E-state index contributed by atoms with van der Waals surface area (Å²) >= 11 is 13.3. The van der Waals surface area contributed by atoms with Gasteiger partial charge in [0.1, 0.15) is 0 Å². The SMILES string of the molecule is CCc1cc(CS)c(CS)c(CS)c1CC. The first-order valence-electron chi connectivity index (χ1n) is 5.71. The molecule has 16 heavy (non-hydrogen) atoms. The van der Waals surface area contributed by atoms with Crippen molar-refractivity contribution in [2.75, 3.05) is 0 Å². The maximum absolute atomic E-state index is 4.47. The second-order valence-electron chi connectivity index (χ2n) is 3.81. The Balaban J connectivity index is 3.47. The van der Waals surface area contributed by atoms with E-state index in [-0.39, 0.29) is 0 Å². The Hall–Kier alpha value is 0.270. The zero-order valence-corrected chi connectivity index (χ0v) is 12.6. The van der Waals surface area contributed by atoms with E-state index < -0.39 is 0 Å². The van der Waals surface area contributed by atoms with Crippen molar-refractivity contribution < 1.29 is 0 Å². The molecule has 1 rings (SSSR count). The zero-order valence-electron chi connectivity index (χ0n) is 9.95. The van der Waals surface area contributed by atoms with Crippen molar-refractivity contribution in [3.63, 3.8) is 0 Å². The van der Waals surface area contributed by atoms with E-state index in [0.29, 0.717) is 0 Å². The van der Waals surface area contributed by atoms with Gasteiger partial charge in [-0.15, -0.1) is 0 Å². The van der Waals surface area contributed by atoms with Gasteiger partial charge in [-0.2, -0.15) is 37.9 Å². The van der Waals surface area contributed by atoms with Gasteiger partial charge in [-0.05, 0) is 40.7 Å². The Morgan fingerprint density at radius 1 is 0.750 bits per heavy atom. The van der Waals surface area contributed by atoms with Crippen LogP contribution in [0.25, 0.3) is 0 Å². The Kier molecular flexibility index (Phi) is 6.16. The van der Waals surface area contributed by atoms with Gasteiger partial charge in [0, 0.05) is 17.3 Å². The first kappa shape index (κ1) is 14.3. The van der Waals surface area contributed by atoms with Gasteiger partial charge in [-0.3, -0.25) is 0 Å². The minimum absolute atomic E-state index is 0.781. The van der Waals surface area contributed by atoms with Crippen molar-refractivity contribution in [2.45, 2.75) is 43.9 Å². The van der Waals surface area contributed by atoms with Gasteiger partial charge in [0.2, 0.25) is 0 Å². The van der Waals surface area contributed by atoms with Crippen LogP contribution in [0.15, 0.2) is 6.07 Å². The van der Waals surface area contributed by atoms with E-state index in [0.717, 1.165) is 30.1 Å². The Morgan fingerprint density at radius 2 is 1.38 bits per heavy atom. The molecule has 0 saturated carbocycles. The first-order valence-corrected chi connectivity index (χ1v) is 7.61. The summed E-state index contributed by atoms with van der Waals surface area (Å²) in [6.45, 7) is 4.42. The molecule has 0 aliphatic heterocycles. The van der Waals surface area contributed by atoms with Crippen molar-refractivity contribution >= 4 is 37.9 Å². The predicted molar refractivity (Wildman–Crippen MR) is 83.3 cm³/mol. The molecule has 0 atom stereocenters. The molecule has 1 aromatic rings. The van der Waals surface area contributed by atoms with Gasteiger partial charge in [0.15, 0.2) is 0 Å². The fraction of sp³-hybridized carbons (Fsp3) is 0.538. The van der Waals surface area contributed by atoms with Crippen molar-refractivity contribution in [3.05, 3.63) is 33.9 Å². The lowest BCUT2D eigenvalue weighted by molar-refractivity contribution is 0.991. The van der Waals surface area contributed by atoms with Crippen molar-refractivity contribution in [3.8, 4) is 0 Å². The van der Waals surface area contributed by atoms with Crippen LogP contribution >= 0.6 is 37.9 Å². The van der Waals surface area contributed by atoms with E-state index in [1.807, 2.05) is 0 Å². The topological polar surface area (TPSA) is 0 Å². The van der Waals surface area contributed by atoms with E-state index in [9.17, 15) is 0 Å². The van der Waals surface area contributed by atoms with E-state index in [2.05, 4.69) is 57.8 Å². The number of thiol groups is 3. The van der Waals surface area contributed by atoms with Gasteiger partial charge in [0.05, 0.1) is 0 Å². The summed E-state index contributed by atoms with van der Waals surface area (Å²) in [6, 6.07) is 2.30. The molecule has 0 saturated heterocycles. The molecule has 0 radical (unpaired) electrons. The third-order valence-electron chi connectivity index (χ3n) is 3.07. The van der Waals surface area contributed by atoms with E-state index in [1.165, 1.54) is 27.8 Å². The lowest BCUT2D eigenvalue weighted by Crippen LogP contribution is -2.05. The highest BCUT2D eigenvalue weighted by Gasteiger charge is 2.13. The smallest absolute Gasteiger partial charge is 0.0160 e. The minimum Gasteiger partial charge on any atom is -0.175 e. The molecule has 0 bridgehead atoms. The molecular weight excluding hydrogens is 252 g/mol. The highest BCUT2D eigenvalue weighted by atomic mass is 32.1. The summed E-state index contributed by atoms with van der Waals surface area (Å²) in [5.41, 5.74) is 6.94. The van der Waals surface area contributed by atoms with E-state index in [1.54, 1.807) is 0 Å². The van der Waals surface area contributed by atoms with Crippen LogP contribution in [0.4, 0.5) is 0 Å². The third-order valence-corrected chi connectivity index (χ3v) is 4.05. The zero-order chi connectivity index (χ0) is 12.1. The lowest BCUT2D eigenvalue weighted by Gasteiger charge is -2.19. The molecule has 1 aromatic carbocycles. The maximum atomic E-state index is 4.47. The summed E-state index contributed by atoms with van der Waals surface area (Å²) in [7, 11) is 0. The highest BCUT2D eigenvalue weighted by molar-refractivity contribution is 7.80. The molecule has 0 aliphatic rings. The number of aryl methyl sites for hydroxylation is 1. The number of hydrogen-bond acceptors (Lipinski definition) is 3. The van der Waals surface area contributed by atoms with Crippen molar-refractivity contribution in [1.29, 1.82) is 0 Å². The summed E-state index contributed by atoms with van der Waals surface area (Å²) in [5, 5.41) is 0. The maximum Gasteiger partial charge on any atom is 0.0160 e. The highest BCUT2D eigenvalue weighted by Crippen LogP contribution is 2.28. The fourth-order valence-corrected chi connectivity index (χ4v) is 3.30. The molecular formula is C13H20S3. The number of benzene rings is 1. The summed E-state index contributed by atoms with van der Waals surface area (Å²) in [6.07, 6.45) is 2.16. The van der Waals surface area contributed by atoms with Gasteiger partial charge in [0.25, 0.3) is 0 Å². The van der Waals surface area contributed by atoms with Crippen LogP contribution in [0, 0.1) is 0 Å². The fourth-order valence-electron chi connectivity index (χ4n) is 2.24. The van der Waals surface area contributed by atoms with Gasteiger partial charge >= 0.3 is 0 Å². The van der Waals surface area contributed by atoms with Gasteiger partial charge < -0.3 is 0 Å². The average Bonchev–Trinajstić information content (AvgIpc) is 2.35. The molecule has 90 valence electrons. The van der Waals surface area contributed by atoms with E-state index >= 15 is 0 Å². The Labute approximate surface area is 115 Å². The quantitative estimate of drug-likeness (QED) is 0.660. The molecule has 0 fully saturated rings. The molecule has 0 amide bonds. The molecule has 0 heterocycles. The Morgan fingerprint density at radius 3 is 1.75 bits per heavy atom. The molecule has 0 aliphatic carbocycles. The first-order chi connectivity index (χ1) is 7.73. The number of hydrogen-bond donors (Lipinski definition) is 3. The minimum atomic E-state index is 0.781. The molecule has 0 N–H and O–H groups in total. The Bertz CT molecular complexity index is 328. The monoisotopic (exact) mass is 272 g/mol. The van der Waals surface area contributed by atoms with Gasteiger partial charge in [-0.1, -0.05) is 19.9 Å². The second-order valence-corrected chi connectivity index (χ2v) is 4.76. The average molecular weight is 273 g/mol. The van der Waals surface area contributed by atoms with Crippen LogP contribution in [0.3, 0.4) is 0 Å². The normalized spacial score (nSPS) is 10.8. The summed E-state index contributed by atoms with van der Waals surface area (Å²) < 4.78 is 0. The third kappa shape index (κ3) is 2.74. The van der Waals surface area contributed by atoms with Crippen LogP contribution in [-0.2, 0) is 30.1 Å². The molecule has 0 unspecified atom stereocenters. The number of rotatable bonds is 5. The summed E-state index contributed by atoms with van der Waals surface area (Å²) in [5.74, 6) is 2.37. The van der Waals surface area contributed by atoms with Crippen LogP contribution in [0.2, 0.25) is 0 Å². The van der Waals surface area contributed by atoms with Crippen LogP contribution in [0.5, 0.6) is 0 Å². The van der Waals surface area contributed by atoms with Crippen LogP contribution in [0.1, 0.15) is 41.7 Å².